The minimum atomic E-state index is -0.528. The van der Waals surface area contributed by atoms with Gasteiger partial charge < -0.3 is 9.84 Å². The van der Waals surface area contributed by atoms with Gasteiger partial charge in [-0.2, -0.15) is 0 Å². The average molecular weight is 180 g/mol. The smallest absolute Gasteiger partial charge is 0.153 e. The fourth-order valence-electron chi connectivity index (χ4n) is 0.920. The van der Waals surface area contributed by atoms with Gasteiger partial charge in [0.15, 0.2) is 6.29 Å². The molecular weight excluding hydrogens is 168 g/mol. The number of hydrogen-bond donors (Lipinski definition) is 1. The lowest BCUT2D eigenvalue weighted by Crippen LogP contribution is -2.13. The molecule has 70 valence electrons. The molecule has 0 heterocycles. The van der Waals surface area contributed by atoms with Crippen molar-refractivity contribution in [3.05, 3.63) is 29.8 Å². The molecule has 1 rings (SSSR count). The maximum Gasteiger partial charge on any atom is 0.153 e. The number of benzene rings is 1. The highest BCUT2D eigenvalue weighted by Crippen LogP contribution is 2.15. The fraction of sp³-hybridized carbons (Fsp3) is 0.300. The van der Waals surface area contributed by atoms with E-state index < -0.39 is 6.10 Å². The highest BCUT2D eigenvalue weighted by molar-refractivity contribution is 5.79. The summed E-state index contributed by atoms with van der Waals surface area (Å²) in [6.07, 6.45) is 0.205. The molecule has 0 radical (unpaired) electrons. The highest BCUT2D eigenvalue weighted by Gasteiger charge is 2.02. The molecule has 0 aliphatic carbocycles. The van der Waals surface area contributed by atoms with E-state index in [2.05, 4.69) is 0 Å². The lowest BCUT2D eigenvalue weighted by Gasteiger charge is -2.09. The quantitative estimate of drug-likeness (QED) is 0.709. The molecule has 0 saturated heterocycles. The molecule has 0 spiro atoms. The number of aldehydes is 1. The molecule has 0 amide bonds. The second-order valence-electron chi connectivity index (χ2n) is 2.82. The summed E-state index contributed by atoms with van der Waals surface area (Å²) < 4.78 is 5.21. The molecule has 0 aliphatic heterocycles. The molecule has 0 bridgehead atoms. The van der Waals surface area contributed by atoms with Crippen LogP contribution in [-0.4, -0.2) is 24.1 Å². The van der Waals surface area contributed by atoms with Crippen LogP contribution in [0.4, 0.5) is 0 Å². The second-order valence-corrected chi connectivity index (χ2v) is 2.82. The van der Waals surface area contributed by atoms with E-state index in [-0.39, 0.29) is 6.61 Å². The minimum Gasteiger partial charge on any atom is -0.490 e. The van der Waals surface area contributed by atoms with Crippen molar-refractivity contribution in [3.8, 4) is 5.75 Å². The van der Waals surface area contributed by atoms with Crippen molar-refractivity contribution in [2.45, 2.75) is 13.0 Å². The third kappa shape index (κ3) is 2.87. The van der Waals surface area contributed by atoms with Crippen molar-refractivity contribution in [1.29, 1.82) is 0 Å². The summed E-state index contributed by atoms with van der Waals surface area (Å²) >= 11 is 0. The summed E-state index contributed by atoms with van der Waals surface area (Å²) in [5.41, 5.74) is 0.503. The number of aliphatic hydroxyl groups is 1. The van der Waals surface area contributed by atoms with Crippen LogP contribution in [0.3, 0.4) is 0 Å². The molecular formula is C10H12O3. The Morgan fingerprint density at radius 1 is 1.54 bits per heavy atom. The van der Waals surface area contributed by atoms with Gasteiger partial charge >= 0.3 is 0 Å². The molecule has 0 fully saturated rings. The Morgan fingerprint density at radius 2 is 2.23 bits per heavy atom. The van der Waals surface area contributed by atoms with Gasteiger partial charge in [-0.05, 0) is 19.1 Å². The van der Waals surface area contributed by atoms with E-state index in [0.29, 0.717) is 11.3 Å². The Labute approximate surface area is 77.0 Å². The van der Waals surface area contributed by atoms with Crippen LogP contribution in [0.2, 0.25) is 0 Å². The molecule has 0 aliphatic rings. The Bertz CT molecular complexity index is 281. The first-order valence-electron chi connectivity index (χ1n) is 4.09. The van der Waals surface area contributed by atoms with Gasteiger partial charge in [-0.15, -0.1) is 0 Å². The van der Waals surface area contributed by atoms with Crippen molar-refractivity contribution >= 4 is 6.29 Å². The number of hydrogen-bond acceptors (Lipinski definition) is 3. The van der Waals surface area contributed by atoms with Gasteiger partial charge in [-0.1, -0.05) is 12.1 Å². The molecule has 1 unspecified atom stereocenters. The van der Waals surface area contributed by atoms with Crippen LogP contribution < -0.4 is 4.74 Å². The number of aliphatic hydroxyl groups excluding tert-OH is 1. The Balaban J connectivity index is 2.69. The molecule has 1 aromatic rings. The standard InChI is InChI=1S/C10H12O3/c1-8(12)7-13-10-5-3-2-4-9(10)6-11/h2-6,8,12H,7H2,1H3. The summed E-state index contributed by atoms with van der Waals surface area (Å²) in [6.45, 7) is 1.83. The molecule has 0 saturated carbocycles. The van der Waals surface area contributed by atoms with Gasteiger partial charge in [0.05, 0.1) is 11.7 Å². The number of para-hydroxylation sites is 1. The zero-order valence-corrected chi connectivity index (χ0v) is 7.43. The molecule has 0 aromatic heterocycles. The Hall–Kier alpha value is -1.35. The predicted octanol–water partition coefficient (Wildman–Crippen LogP) is 1.26. The summed E-state index contributed by atoms with van der Waals surface area (Å²) in [7, 11) is 0. The Morgan fingerprint density at radius 3 is 2.85 bits per heavy atom. The van der Waals surface area contributed by atoms with Gasteiger partial charge in [0.2, 0.25) is 0 Å². The third-order valence-electron chi connectivity index (χ3n) is 1.53. The SMILES string of the molecule is CC(O)COc1ccccc1C=O. The monoisotopic (exact) mass is 180 g/mol. The van der Waals surface area contributed by atoms with Gasteiger partial charge in [0, 0.05) is 0 Å². The van der Waals surface area contributed by atoms with Gasteiger partial charge in [0.25, 0.3) is 0 Å². The second kappa shape index (κ2) is 4.62. The fourth-order valence-corrected chi connectivity index (χ4v) is 0.920. The van der Waals surface area contributed by atoms with Crippen LogP contribution in [0.5, 0.6) is 5.75 Å². The molecule has 3 heteroatoms. The van der Waals surface area contributed by atoms with Gasteiger partial charge in [-0.3, -0.25) is 4.79 Å². The average Bonchev–Trinajstić information content (AvgIpc) is 2.15. The highest BCUT2D eigenvalue weighted by atomic mass is 16.5. The number of carbonyl (C=O) groups is 1. The molecule has 1 N–H and O–H groups in total. The van der Waals surface area contributed by atoms with Crippen molar-refractivity contribution in [3.63, 3.8) is 0 Å². The first-order chi connectivity index (χ1) is 6.24. The topological polar surface area (TPSA) is 46.5 Å². The van der Waals surface area contributed by atoms with E-state index in [1.165, 1.54) is 0 Å². The zero-order chi connectivity index (χ0) is 9.68. The van der Waals surface area contributed by atoms with Gasteiger partial charge in [-0.25, -0.2) is 0 Å². The first-order valence-corrected chi connectivity index (χ1v) is 4.09. The van der Waals surface area contributed by atoms with Crippen molar-refractivity contribution in [2.24, 2.45) is 0 Å². The van der Waals surface area contributed by atoms with E-state index in [4.69, 9.17) is 9.84 Å². The van der Waals surface area contributed by atoms with E-state index >= 15 is 0 Å². The molecule has 13 heavy (non-hydrogen) atoms. The van der Waals surface area contributed by atoms with Crippen molar-refractivity contribution in [1.82, 2.24) is 0 Å². The number of rotatable bonds is 4. The van der Waals surface area contributed by atoms with Crippen LogP contribution in [0.15, 0.2) is 24.3 Å². The summed E-state index contributed by atoms with van der Waals surface area (Å²) in [5, 5.41) is 8.96. The van der Waals surface area contributed by atoms with Crippen LogP contribution in [0.1, 0.15) is 17.3 Å². The molecule has 1 atom stereocenters. The van der Waals surface area contributed by atoms with Crippen LogP contribution >= 0.6 is 0 Å². The first kappa shape index (κ1) is 9.74. The van der Waals surface area contributed by atoms with E-state index in [0.717, 1.165) is 6.29 Å². The number of ether oxygens (including phenoxy) is 1. The maximum absolute atomic E-state index is 10.5. The van der Waals surface area contributed by atoms with Crippen LogP contribution in [0.25, 0.3) is 0 Å². The predicted molar refractivity (Wildman–Crippen MR) is 49.0 cm³/mol. The lowest BCUT2D eigenvalue weighted by atomic mass is 10.2. The lowest BCUT2D eigenvalue weighted by molar-refractivity contribution is 0.109. The summed E-state index contributed by atoms with van der Waals surface area (Å²) in [4.78, 5) is 10.5. The van der Waals surface area contributed by atoms with E-state index in [9.17, 15) is 4.79 Å². The van der Waals surface area contributed by atoms with Crippen molar-refractivity contribution < 1.29 is 14.6 Å². The van der Waals surface area contributed by atoms with Gasteiger partial charge in [0.1, 0.15) is 12.4 Å². The maximum atomic E-state index is 10.5. The zero-order valence-electron chi connectivity index (χ0n) is 7.43. The Kier molecular flexibility index (Phi) is 3.46. The summed E-state index contributed by atoms with van der Waals surface area (Å²) in [6, 6.07) is 6.92. The normalized spacial score (nSPS) is 12.2. The minimum absolute atomic E-state index is 0.199. The molecule has 3 nitrogen and oxygen atoms in total. The summed E-state index contributed by atoms with van der Waals surface area (Å²) in [5.74, 6) is 0.512. The van der Waals surface area contributed by atoms with E-state index in [1.54, 1.807) is 31.2 Å². The third-order valence-corrected chi connectivity index (χ3v) is 1.53. The van der Waals surface area contributed by atoms with E-state index in [1.807, 2.05) is 0 Å². The van der Waals surface area contributed by atoms with Crippen molar-refractivity contribution in [2.75, 3.05) is 6.61 Å². The molecule has 1 aromatic carbocycles. The van der Waals surface area contributed by atoms with Crippen LogP contribution in [0, 0.1) is 0 Å². The largest absolute Gasteiger partial charge is 0.490 e. The number of carbonyl (C=O) groups excluding carboxylic acids is 1. The van der Waals surface area contributed by atoms with Crippen LogP contribution in [-0.2, 0) is 0 Å².